The van der Waals surface area contributed by atoms with Crippen molar-refractivity contribution in [3.63, 3.8) is 0 Å². The van der Waals surface area contributed by atoms with Crippen LogP contribution in [-0.4, -0.2) is 31.4 Å². The molecule has 0 aromatic rings. The van der Waals surface area contributed by atoms with Gasteiger partial charge in [0.15, 0.2) is 5.25 Å². The topological polar surface area (TPSA) is 90.2 Å². The zero-order chi connectivity index (χ0) is 10.5. The molecule has 13 heavy (non-hydrogen) atoms. The standard InChI is InChI=1S/C7H14N2O3S/c1-6(3-4-10)9-13(11,12)7(2)5-8/h6-7,9-10H,3-4H2,1-2H3. The Morgan fingerprint density at radius 1 is 1.54 bits per heavy atom. The van der Waals surface area contributed by atoms with Crippen LogP contribution in [0, 0.1) is 11.3 Å². The first-order valence-electron chi connectivity index (χ1n) is 3.95. The Kier molecular flexibility index (Phi) is 4.91. The molecule has 0 saturated heterocycles. The first kappa shape index (κ1) is 12.4. The molecule has 2 unspecified atom stereocenters. The number of nitrogens with one attached hydrogen (secondary N) is 1. The van der Waals surface area contributed by atoms with Gasteiger partial charge in [-0.2, -0.15) is 5.26 Å². The summed E-state index contributed by atoms with van der Waals surface area (Å²) in [6, 6.07) is 1.30. The second-order valence-electron chi connectivity index (χ2n) is 2.85. The van der Waals surface area contributed by atoms with E-state index in [-0.39, 0.29) is 12.6 Å². The number of rotatable bonds is 5. The van der Waals surface area contributed by atoms with Crippen molar-refractivity contribution in [3.05, 3.63) is 0 Å². The Labute approximate surface area is 78.4 Å². The number of aliphatic hydroxyl groups is 1. The summed E-state index contributed by atoms with van der Waals surface area (Å²) in [7, 11) is -3.55. The van der Waals surface area contributed by atoms with Crippen LogP contribution in [0.15, 0.2) is 0 Å². The first-order valence-corrected chi connectivity index (χ1v) is 5.50. The van der Waals surface area contributed by atoms with Crippen molar-refractivity contribution in [3.8, 4) is 6.07 Å². The van der Waals surface area contributed by atoms with Gasteiger partial charge in [0.25, 0.3) is 0 Å². The molecule has 0 radical (unpaired) electrons. The summed E-state index contributed by atoms with van der Waals surface area (Å²) in [6.07, 6.45) is 0.345. The lowest BCUT2D eigenvalue weighted by atomic mass is 10.3. The van der Waals surface area contributed by atoms with Crippen LogP contribution in [0.25, 0.3) is 0 Å². The van der Waals surface area contributed by atoms with E-state index in [1.54, 1.807) is 13.0 Å². The maximum absolute atomic E-state index is 11.2. The molecular weight excluding hydrogens is 192 g/mol. The van der Waals surface area contributed by atoms with Crippen LogP contribution in [0.1, 0.15) is 20.3 Å². The van der Waals surface area contributed by atoms with Crippen LogP contribution in [0.4, 0.5) is 0 Å². The van der Waals surface area contributed by atoms with Gasteiger partial charge in [0, 0.05) is 12.6 Å². The monoisotopic (exact) mass is 206 g/mol. The normalized spacial score (nSPS) is 16.2. The highest BCUT2D eigenvalue weighted by Crippen LogP contribution is 1.99. The second-order valence-corrected chi connectivity index (χ2v) is 4.88. The number of hydrogen-bond acceptors (Lipinski definition) is 4. The Bertz CT molecular complexity index is 281. The molecule has 2 N–H and O–H groups in total. The largest absolute Gasteiger partial charge is 0.396 e. The number of hydrogen-bond donors (Lipinski definition) is 2. The van der Waals surface area contributed by atoms with Crippen LogP contribution in [0.3, 0.4) is 0 Å². The van der Waals surface area contributed by atoms with E-state index in [1.807, 2.05) is 0 Å². The van der Waals surface area contributed by atoms with E-state index in [0.29, 0.717) is 6.42 Å². The molecule has 5 nitrogen and oxygen atoms in total. The van der Waals surface area contributed by atoms with E-state index in [9.17, 15) is 8.42 Å². The molecule has 0 aliphatic rings. The van der Waals surface area contributed by atoms with Gasteiger partial charge in [-0.25, -0.2) is 13.1 Å². The van der Waals surface area contributed by atoms with Gasteiger partial charge < -0.3 is 5.11 Å². The van der Waals surface area contributed by atoms with Gasteiger partial charge in [-0.1, -0.05) is 0 Å². The summed E-state index contributed by atoms with van der Waals surface area (Å²) in [6.45, 7) is 2.87. The van der Waals surface area contributed by atoms with Gasteiger partial charge in [0.05, 0.1) is 6.07 Å². The molecule has 0 aliphatic heterocycles. The Hall–Kier alpha value is -0.640. The average molecular weight is 206 g/mol. The van der Waals surface area contributed by atoms with Crippen molar-refractivity contribution in [2.45, 2.75) is 31.6 Å². The quantitative estimate of drug-likeness (QED) is 0.639. The van der Waals surface area contributed by atoms with E-state index in [0.717, 1.165) is 0 Å². The van der Waals surface area contributed by atoms with Crippen molar-refractivity contribution in [2.24, 2.45) is 0 Å². The number of aliphatic hydroxyl groups excluding tert-OH is 1. The van der Waals surface area contributed by atoms with Crippen molar-refractivity contribution in [1.82, 2.24) is 4.72 Å². The summed E-state index contributed by atoms with van der Waals surface area (Å²) >= 11 is 0. The van der Waals surface area contributed by atoms with Gasteiger partial charge in [0.2, 0.25) is 10.0 Å². The van der Waals surface area contributed by atoms with Crippen LogP contribution in [0.2, 0.25) is 0 Å². The van der Waals surface area contributed by atoms with Gasteiger partial charge in [-0.15, -0.1) is 0 Å². The summed E-state index contributed by atoms with van der Waals surface area (Å²) < 4.78 is 24.8. The summed E-state index contributed by atoms with van der Waals surface area (Å²) in [5, 5.41) is 15.9. The fourth-order valence-electron chi connectivity index (χ4n) is 0.704. The van der Waals surface area contributed by atoms with Gasteiger partial charge >= 0.3 is 0 Å². The summed E-state index contributed by atoms with van der Waals surface area (Å²) in [5.41, 5.74) is 0. The molecular formula is C7H14N2O3S. The molecule has 76 valence electrons. The summed E-state index contributed by atoms with van der Waals surface area (Å²) in [4.78, 5) is 0. The van der Waals surface area contributed by atoms with Crippen LogP contribution >= 0.6 is 0 Å². The zero-order valence-electron chi connectivity index (χ0n) is 7.69. The third kappa shape index (κ3) is 4.22. The Morgan fingerprint density at radius 2 is 2.08 bits per heavy atom. The minimum Gasteiger partial charge on any atom is -0.396 e. The predicted octanol–water partition coefficient (Wildman–Crippen LogP) is -0.411. The number of nitriles is 1. The minimum absolute atomic E-state index is 0.0787. The minimum atomic E-state index is -3.55. The molecule has 0 amide bonds. The average Bonchev–Trinajstić information content (AvgIpc) is 2.02. The fraction of sp³-hybridized carbons (Fsp3) is 0.857. The zero-order valence-corrected chi connectivity index (χ0v) is 8.50. The molecule has 0 bridgehead atoms. The second kappa shape index (κ2) is 5.17. The maximum Gasteiger partial charge on any atom is 0.227 e. The van der Waals surface area contributed by atoms with E-state index in [1.165, 1.54) is 6.92 Å². The lowest BCUT2D eigenvalue weighted by Crippen LogP contribution is -2.38. The summed E-state index contributed by atoms with van der Waals surface area (Å²) in [5.74, 6) is 0. The third-order valence-electron chi connectivity index (χ3n) is 1.57. The number of sulfonamides is 1. The predicted molar refractivity (Wildman–Crippen MR) is 48.3 cm³/mol. The molecule has 0 aromatic heterocycles. The lowest BCUT2D eigenvalue weighted by molar-refractivity contribution is 0.275. The highest BCUT2D eigenvalue weighted by atomic mass is 32.2. The fourth-order valence-corrected chi connectivity index (χ4v) is 1.73. The van der Waals surface area contributed by atoms with Crippen LogP contribution < -0.4 is 4.72 Å². The SMILES string of the molecule is CC(CCO)NS(=O)(=O)C(C)C#N. The lowest BCUT2D eigenvalue weighted by Gasteiger charge is -2.13. The van der Waals surface area contributed by atoms with E-state index in [4.69, 9.17) is 10.4 Å². The third-order valence-corrected chi connectivity index (χ3v) is 3.34. The van der Waals surface area contributed by atoms with Crippen molar-refractivity contribution >= 4 is 10.0 Å². The van der Waals surface area contributed by atoms with Gasteiger partial charge in [-0.05, 0) is 20.3 Å². The van der Waals surface area contributed by atoms with Crippen molar-refractivity contribution in [1.29, 1.82) is 5.26 Å². The maximum atomic E-state index is 11.2. The first-order chi connectivity index (χ1) is 5.94. The molecule has 6 heteroatoms. The molecule has 0 saturated carbocycles. The smallest absolute Gasteiger partial charge is 0.227 e. The molecule has 0 aromatic carbocycles. The van der Waals surface area contributed by atoms with Crippen molar-refractivity contribution in [2.75, 3.05) is 6.61 Å². The van der Waals surface area contributed by atoms with E-state index in [2.05, 4.69) is 4.72 Å². The Morgan fingerprint density at radius 3 is 2.46 bits per heavy atom. The molecule has 0 heterocycles. The highest BCUT2D eigenvalue weighted by Gasteiger charge is 2.21. The van der Waals surface area contributed by atoms with Gasteiger partial charge in [-0.3, -0.25) is 0 Å². The molecule has 0 aliphatic carbocycles. The molecule has 0 rings (SSSR count). The van der Waals surface area contributed by atoms with Crippen LogP contribution in [0.5, 0.6) is 0 Å². The van der Waals surface area contributed by atoms with Gasteiger partial charge in [0.1, 0.15) is 0 Å². The van der Waals surface area contributed by atoms with Crippen LogP contribution in [-0.2, 0) is 10.0 Å². The van der Waals surface area contributed by atoms with Crippen molar-refractivity contribution < 1.29 is 13.5 Å². The molecule has 2 atom stereocenters. The highest BCUT2D eigenvalue weighted by molar-refractivity contribution is 7.90. The Balaban J connectivity index is 4.28. The van der Waals surface area contributed by atoms with E-state index >= 15 is 0 Å². The number of nitrogens with zero attached hydrogens (tertiary/aromatic N) is 1. The van der Waals surface area contributed by atoms with E-state index < -0.39 is 15.3 Å². The molecule has 0 fully saturated rings. The molecule has 0 spiro atoms.